The van der Waals surface area contributed by atoms with Gasteiger partial charge in [0.2, 0.25) is 0 Å². The fraction of sp³-hybridized carbons (Fsp3) is 0. The van der Waals surface area contributed by atoms with Gasteiger partial charge in [-0.15, -0.1) is 0 Å². The molecule has 0 radical (unpaired) electrons. The summed E-state index contributed by atoms with van der Waals surface area (Å²) in [5.41, 5.74) is 4.01. The fourth-order valence-corrected chi connectivity index (χ4v) is 4.45. The van der Waals surface area contributed by atoms with Gasteiger partial charge < -0.3 is 0 Å². The molecule has 0 saturated carbocycles. The van der Waals surface area contributed by atoms with E-state index in [9.17, 15) is 20.2 Å². The predicted molar refractivity (Wildman–Crippen MR) is 114 cm³/mol. The fourth-order valence-electron chi connectivity index (χ4n) is 4.45. The van der Waals surface area contributed by atoms with Crippen molar-refractivity contribution in [3.8, 4) is 29.5 Å². The number of benzene rings is 2. The summed E-state index contributed by atoms with van der Waals surface area (Å²) in [6, 6.07) is 18.5. The highest BCUT2D eigenvalue weighted by atomic mass is 19.1. The zero-order valence-corrected chi connectivity index (χ0v) is 16.3. The third kappa shape index (κ3) is 2.53. The molecule has 2 aliphatic rings. The maximum atomic E-state index is 15.0. The Morgan fingerprint density at radius 1 is 0.844 bits per heavy atom. The first-order chi connectivity index (χ1) is 15.6. The Labute approximate surface area is 181 Å². The summed E-state index contributed by atoms with van der Waals surface area (Å²) in [6.07, 6.45) is 2.82. The Bertz CT molecular complexity index is 1510. The molecule has 148 valence electrons. The average molecular weight is 416 g/mol. The molecule has 3 aromatic rings. The standard InChI is InChI=1S/C26H10F2N4/c27-15-10-20-22(14(12-30)13-31)25(18(7-8-29)23(20)21(28)11-15)24-16-4-1-2-5-17(16)26-19(24)6-3-9-32-26/h1-7,9-11H/b18-7?,25-24+. The minimum atomic E-state index is -0.873. The lowest BCUT2D eigenvalue weighted by atomic mass is 9.89. The van der Waals surface area contributed by atoms with Crippen molar-refractivity contribution >= 4 is 16.7 Å². The highest BCUT2D eigenvalue weighted by Crippen LogP contribution is 2.55. The molecule has 1 aromatic heterocycles. The van der Waals surface area contributed by atoms with Gasteiger partial charge in [-0.3, -0.25) is 4.98 Å². The molecule has 0 amide bonds. The van der Waals surface area contributed by atoms with E-state index < -0.39 is 11.6 Å². The number of nitriles is 3. The van der Waals surface area contributed by atoms with Crippen molar-refractivity contribution in [1.82, 2.24) is 4.98 Å². The zero-order chi connectivity index (χ0) is 22.4. The molecule has 2 aliphatic carbocycles. The summed E-state index contributed by atoms with van der Waals surface area (Å²) in [5, 5.41) is 28.8. The summed E-state index contributed by atoms with van der Waals surface area (Å²) in [4.78, 5) is 4.49. The normalized spacial score (nSPS) is 16.6. The Balaban J connectivity index is 2.05. The molecule has 2 aromatic carbocycles. The Morgan fingerprint density at radius 3 is 2.28 bits per heavy atom. The van der Waals surface area contributed by atoms with Crippen LogP contribution in [-0.2, 0) is 0 Å². The van der Waals surface area contributed by atoms with Gasteiger partial charge in [0.25, 0.3) is 0 Å². The van der Waals surface area contributed by atoms with Gasteiger partial charge in [0.1, 0.15) is 29.3 Å². The first-order valence-corrected chi connectivity index (χ1v) is 9.55. The molecule has 0 N–H and O–H groups in total. The van der Waals surface area contributed by atoms with E-state index in [1.165, 1.54) is 6.08 Å². The number of nitrogens with zero attached hydrogens (tertiary/aromatic N) is 4. The summed E-state index contributed by atoms with van der Waals surface area (Å²) < 4.78 is 29.2. The van der Waals surface area contributed by atoms with Crippen LogP contribution in [0.2, 0.25) is 0 Å². The molecule has 0 unspecified atom stereocenters. The van der Waals surface area contributed by atoms with Gasteiger partial charge >= 0.3 is 0 Å². The number of pyridine rings is 1. The summed E-state index contributed by atoms with van der Waals surface area (Å²) in [5.74, 6) is -1.71. The van der Waals surface area contributed by atoms with Crippen molar-refractivity contribution in [1.29, 1.82) is 15.8 Å². The number of rotatable bonds is 0. The SMILES string of the molecule is N#CC=C1/C(=C2/c3ccccc3-c3ncccc32)C(=C(C#N)C#N)c2cc(F)cc(F)c21. The number of hydrogen-bond donors (Lipinski definition) is 0. The first-order valence-electron chi connectivity index (χ1n) is 9.55. The van der Waals surface area contributed by atoms with E-state index in [1.54, 1.807) is 12.3 Å². The van der Waals surface area contributed by atoms with Crippen LogP contribution in [0.15, 0.2) is 72.0 Å². The van der Waals surface area contributed by atoms with Crippen LogP contribution in [0.25, 0.3) is 28.0 Å². The van der Waals surface area contributed by atoms with Crippen LogP contribution < -0.4 is 0 Å². The van der Waals surface area contributed by atoms with Gasteiger partial charge in [-0.05, 0) is 23.3 Å². The minimum absolute atomic E-state index is 0.0109. The number of hydrogen-bond acceptors (Lipinski definition) is 4. The maximum absolute atomic E-state index is 15.0. The van der Waals surface area contributed by atoms with Crippen molar-refractivity contribution in [2.75, 3.05) is 0 Å². The largest absolute Gasteiger partial charge is 0.256 e. The van der Waals surface area contributed by atoms with Gasteiger partial charge in [-0.25, -0.2) is 8.78 Å². The number of aromatic nitrogens is 1. The quantitative estimate of drug-likeness (QED) is 0.351. The highest BCUT2D eigenvalue weighted by molar-refractivity contribution is 6.20. The lowest BCUT2D eigenvalue weighted by molar-refractivity contribution is 0.581. The van der Waals surface area contributed by atoms with E-state index in [0.717, 1.165) is 23.3 Å². The smallest absolute Gasteiger partial charge is 0.138 e. The van der Waals surface area contributed by atoms with E-state index in [-0.39, 0.29) is 27.8 Å². The zero-order valence-electron chi connectivity index (χ0n) is 16.3. The Hall–Kier alpha value is -4.86. The van der Waals surface area contributed by atoms with E-state index in [0.29, 0.717) is 22.4 Å². The highest BCUT2D eigenvalue weighted by Gasteiger charge is 2.38. The van der Waals surface area contributed by atoms with Gasteiger partial charge in [0.05, 0.1) is 11.8 Å². The van der Waals surface area contributed by atoms with Crippen molar-refractivity contribution in [2.45, 2.75) is 0 Å². The lowest BCUT2D eigenvalue weighted by Gasteiger charge is -2.12. The van der Waals surface area contributed by atoms with Crippen molar-refractivity contribution in [2.24, 2.45) is 0 Å². The number of halogens is 2. The minimum Gasteiger partial charge on any atom is -0.256 e. The van der Waals surface area contributed by atoms with E-state index in [1.807, 2.05) is 48.5 Å². The van der Waals surface area contributed by atoms with Gasteiger partial charge in [0, 0.05) is 57.3 Å². The third-order valence-electron chi connectivity index (χ3n) is 5.57. The van der Waals surface area contributed by atoms with E-state index >= 15 is 4.39 Å². The molecule has 32 heavy (non-hydrogen) atoms. The second-order valence-corrected chi connectivity index (χ2v) is 7.17. The van der Waals surface area contributed by atoms with Crippen LogP contribution in [0.5, 0.6) is 0 Å². The van der Waals surface area contributed by atoms with Gasteiger partial charge in [-0.2, -0.15) is 15.8 Å². The molecule has 4 nitrogen and oxygen atoms in total. The molecule has 0 spiro atoms. The molecule has 0 aliphatic heterocycles. The topological polar surface area (TPSA) is 84.3 Å². The second-order valence-electron chi connectivity index (χ2n) is 7.17. The first kappa shape index (κ1) is 19.1. The van der Waals surface area contributed by atoms with Gasteiger partial charge in [-0.1, -0.05) is 30.3 Å². The van der Waals surface area contributed by atoms with E-state index in [4.69, 9.17) is 0 Å². The summed E-state index contributed by atoms with van der Waals surface area (Å²) >= 11 is 0. The van der Waals surface area contributed by atoms with Crippen molar-refractivity contribution < 1.29 is 8.78 Å². The van der Waals surface area contributed by atoms with Crippen molar-refractivity contribution in [3.05, 3.63) is 106 Å². The average Bonchev–Trinajstić information content (AvgIpc) is 3.28. The molecule has 0 saturated heterocycles. The Kier molecular flexibility index (Phi) is 4.26. The monoisotopic (exact) mass is 416 g/mol. The maximum Gasteiger partial charge on any atom is 0.138 e. The third-order valence-corrected chi connectivity index (χ3v) is 5.57. The molecule has 0 atom stereocenters. The van der Waals surface area contributed by atoms with Gasteiger partial charge in [0.15, 0.2) is 0 Å². The van der Waals surface area contributed by atoms with Crippen LogP contribution in [0.3, 0.4) is 0 Å². The Morgan fingerprint density at radius 2 is 1.56 bits per heavy atom. The number of allylic oxidation sites excluding steroid dienone is 5. The molecule has 5 rings (SSSR count). The molecular formula is C26H10F2N4. The molecule has 1 heterocycles. The molecule has 0 bridgehead atoms. The summed E-state index contributed by atoms with van der Waals surface area (Å²) in [7, 11) is 0. The van der Waals surface area contributed by atoms with Crippen LogP contribution in [-0.4, -0.2) is 4.98 Å². The number of fused-ring (bicyclic) bond motifs is 4. The van der Waals surface area contributed by atoms with Crippen LogP contribution in [0, 0.1) is 45.6 Å². The predicted octanol–water partition coefficient (Wildman–Crippen LogP) is 5.56. The molecule has 6 heteroatoms. The summed E-state index contributed by atoms with van der Waals surface area (Å²) in [6.45, 7) is 0. The lowest BCUT2D eigenvalue weighted by Crippen LogP contribution is -1.94. The van der Waals surface area contributed by atoms with Crippen molar-refractivity contribution in [3.63, 3.8) is 0 Å². The molecule has 0 fully saturated rings. The van der Waals surface area contributed by atoms with Crippen LogP contribution in [0.1, 0.15) is 22.3 Å². The van der Waals surface area contributed by atoms with E-state index in [2.05, 4.69) is 4.98 Å². The van der Waals surface area contributed by atoms with Crippen LogP contribution >= 0.6 is 0 Å². The second kappa shape index (κ2) is 7.13. The molecular weight excluding hydrogens is 406 g/mol. The van der Waals surface area contributed by atoms with Crippen LogP contribution in [0.4, 0.5) is 8.78 Å².